The summed E-state index contributed by atoms with van der Waals surface area (Å²) in [7, 11) is 0. The van der Waals surface area contributed by atoms with Crippen molar-refractivity contribution in [3.8, 4) is 0 Å². The van der Waals surface area contributed by atoms with Gasteiger partial charge < -0.3 is 15.4 Å². The van der Waals surface area contributed by atoms with E-state index >= 15 is 0 Å². The Morgan fingerprint density at radius 2 is 2.05 bits per heavy atom. The molecule has 0 fully saturated rings. The molecule has 1 amide bonds. The predicted octanol–water partition coefficient (Wildman–Crippen LogP) is 1.50. The van der Waals surface area contributed by atoms with Gasteiger partial charge in [-0.3, -0.25) is 14.9 Å². The molecule has 1 heterocycles. The van der Waals surface area contributed by atoms with Gasteiger partial charge in [-0.15, -0.1) is 0 Å². The van der Waals surface area contributed by atoms with Crippen LogP contribution in [0.5, 0.6) is 0 Å². The molecule has 0 spiro atoms. The van der Waals surface area contributed by atoms with E-state index in [1.807, 2.05) is 0 Å². The Balaban J connectivity index is 2.09. The van der Waals surface area contributed by atoms with Crippen molar-refractivity contribution in [2.75, 3.05) is 5.32 Å². The molecule has 1 aromatic heterocycles. The SMILES string of the molecule is O=C(Cn1nc([N+](=O)[O-])nc1Br)Nc1cccc([N+](=O)[O-])c1. The van der Waals surface area contributed by atoms with Gasteiger partial charge in [-0.05, 0) is 16.0 Å². The van der Waals surface area contributed by atoms with Gasteiger partial charge in [-0.2, -0.15) is 4.68 Å². The minimum atomic E-state index is -0.792. The van der Waals surface area contributed by atoms with Crippen LogP contribution in [0.1, 0.15) is 0 Å². The summed E-state index contributed by atoms with van der Waals surface area (Å²) in [5.41, 5.74) is 0.0558. The first-order valence-corrected chi connectivity index (χ1v) is 6.45. The molecule has 1 N–H and O–H groups in total. The van der Waals surface area contributed by atoms with Crippen LogP contribution in [0.4, 0.5) is 17.3 Å². The maximum absolute atomic E-state index is 11.8. The highest BCUT2D eigenvalue weighted by atomic mass is 79.9. The largest absolute Gasteiger partial charge is 0.492 e. The Labute approximate surface area is 130 Å². The smallest absolute Gasteiger partial charge is 0.390 e. The molecule has 114 valence electrons. The Morgan fingerprint density at radius 1 is 1.32 bits per heavy atom. The van der Waals surface area contributed by atoms with Crippen LogP contribution in [-0.2, 0) is 11.3 Å². The number of benzene rings is 1. The van der Waals surface area contributed by atoms with Gasteiger partial charge in [-0.1, -0.05) is 6.07 Å². The number of nitrogens with one attached hydrogen (secondary N) is 1. The number of nitrogens with zero attached hydrogens (tertiary/aromatic N) is 5. The van der Waals surface area contributed by atoms with E-state index in [2.05, 4.69) is 31.3 Å². The van der Waals surface area contributed by atoms with Gasteiger partial charge >= 0.3 is 5.95 Å². The van der Waals surface area contributed by atoms with Crippen LogP contribution in [0.3, 0.4) is 0 Å². The molecule has 11 nitrogen and oxygen atoms in total. The zero-order chi connectivity index (χ0) is 16.3. The van der Waals surface area contributed by atoms with E-state index in [0.717, 1.165) is 4.68 Å². The summed E-state index contributed by atoms with van der Waals surface area (Å²) in [4.78, 5) is 35.1. The Bertz CT molecular complexity index is 760. The van der Waals surface area contributed by atoms with Crippen molar-refractivity contribution in [2.45, 2.75) is 6.54 Å². The van der Waals surface area contributed by atoms with Crippen molar-refractivity contribution in [1.82, 2.24) is 14.8 Å². The standard InChI is InChI=1S/C10H7BrN6O5/c11-9-13-10(17(21)22)14-15(9)5-8(18)12-6-2-1-3-7(4-6)16(19)20/h1-4H,5H2,(H,12,18). The highest BCUT2D eigenvalue weighted by molar-refractivity contribution is 9.10. The number of carbonyl (C=O) groups is 1. The van der Waals surface area contributed by atoms with Gasteiger partial charge in [-0.25, -0.2) is 0 Å². The molecular weight excluding hydrogens is 364 g/mol. The van der Waals surface area contributed by atoms with Crippen LogP contribution in [0, 0.1) is 20.2 Å². The lowest BCUT2D eigenvalue weighted by molar-refractivity contribution is -0.394. The summed E-state index contributed by atoms with van der Waals surface area (Å²) in [6.45, 7) is -0.343. The Morgan fingerprint density at radius 3 is 2.64 bits per heavy atom. The molecule has 2 rings (SSSR count). The maximum Gasteiger partial charge on any atom is 0.492 e. The number of nitro benzene ring substituents is 1. The number of hydrogen-bond donors (Lipinski definition) is 1. The molecule has 0 radical (unpaired) electrons. The summed E-state index contributed by atoms with van der Waals surface area (Å²) >= 11 is 2.95. The van der Waals surface area contributed by atoms with E-state index in [-0.39, 0.29) is 22.7 Å². The average Bonchev–Trinajstić information content (AvgIpc) is 2.80. The molecule has 0 atom stereocenters. The first kappa shape index (κ1) is 15.5. The third kappa shape index (κ3) is 3.60. The van der Waals surface area contributed by atoms with Gasteiger partial charge in [0.15, 0.2) is 0 Å². The number of hydrogen-bond acceptors (Lipinski definition) is 7. The normalized spacial score (nSPS) is 10.2. The molecule has 0 unspecified atom stereocenters. The Kier molecular flexibility index (Phi) is 4.41. The number of nitro groups is 2. The average molecular weight is 371 g/mol. The van der Waals surface area contributed by atoms with Gasteiger partial charge in [0.25, 0.3) is 10.4 Å². The lowest BCUT2D eigenvalue weighted by Gasteiger charge is -2.03. The van der Waals surface area contributed by atoms with Crippen molar-refractivity contribution >= 4 is 39.2 Å². The molecule has 2 aromatic rings. The quantitative estimate of drug-likeness (QED) is 0.619. The number of amides is 1. The van der Waals surface area contributed by atoms with E-state index in [9.17, 15) is 25.0 Å². The fourth-order valence-electron chi connectivity index (χ4n) is 1.52. The van der Waals surface area contributed by atoms with Crippen molar-refractivity contribution < 1.29 is 14.6 Å². The van der Waals surface area contributed by atoms with Crippen LogP contribution in [0.15, 0.2) is 29.0 Å². The highest BCUT2D eigenvalue weighted by Gasteiger charge is 2.21. The number of halogens is 1. The van der Waals surface area contributed by atoms with Crippen LogP contribution in [0.2, 0.25) is 0 Å². The zero-order valence-corrected chi connectivity index (χ0v) is 12.3. The topological polar surface area (TPSA) is 146 Å². The summed E-state index contributed by atoms with van der Waals surface area (Å²) < 4.78 is 1.01. The second-order valence-electron chi connectivity index (χ2n) is 3.95. The Hall–Kier alpha value is -2.89. The molecule has 0 aliphatic heterocycles. The van der Waals surface area contributed by atoms with Gasteiger partial charge in [0.1, 0.15) is 6.54 Å². The van der Waals surface area contributed by atoms with Crippen LogP contribution in [-0.4, -0.2) is 30.5 Å². The molecule has 0 bridgehead atoms. The van der Waals surface area contributed by atoms with Crippen LogP contribution in [0.25, 0.3) is 0 Å². The number of rotatable bonds is 5. The van der Waals surface area contributed by atoms with Crippen LogP contribution >= 0.6 is 15.9 Å². The van der Waals surface area contributed by atoms with Crippen molar-refractivity contribution in [1.29, 1.82) is 0 Å². The molecule has 22 heavy (non-hydrogen) atoms. The lowest BCUT2D eigenvalue weighted by Crippen LogP contribution is -2.19. The second kappa shape index (κ2) is 6.26. The van der Waals surface area contributed by atoms with E-state index in [1.165, 1.54) is 24.3 Å². The third-order valence-corrected chi connectivity index (χ3v) is 3.00. The summed E-state index contributed by atoms with van der Waals surface area (Å²) in [5.74, 6) is -1.21. The highest BCUT2D eigenvalue weighted by Crippen LogP contribution is 2.17. The molecule has 0 aliphatic rings. The minimum absolute atomic E-state index is 0.0217. The number of non-ortho nitro benzene ring substituents is 1. The van der Waals surface area contributed by atoms with Crippen molar-refractivity contribution in [3.63, 3.8) is 0 Å². The number of anilines is 1. The van der Waals surface area contributed by atoms with Gasteiger partial charge in [0, 0.05) is 38.8 Å². The molecule has 0 aliphatic carbocycles. The van der Waals surface area contributed by atoms with Gasteiger partial charge in [0.2, 0.25) is 5.91 Å². The lowest BCUT2D eigenvalue weighted by atomic mass is 10.3. The summed E-state index contributed by atoms with van der Waals surface area (Å²) in [6, 6.07) is 5.37. The summed E-state index contributed by atoms with van der Waals surface area (Å²) in [6.07, 6.45) is 0. The van der Waals surface area contributed by atoms with E-state index in [4.69, 9.17) is 0 Å². The fourth-order valence-corrected chi connectivity index (χ4v) is 1.89. The second-order valence-corrected chi connectivity index (χ2v) is 4.66. The fraction of sp³-hybridized carbons (Fsp3) is 0.100. The monoisotopic (exact) mass is 370 g/mol. The predicted molar refractivity (Wildman–Crippen MR) is 76.1 cm³/mol. The maximum atomic E-state index is 11.8. The number of aromatic nitrogens is 3. The van der Waals surface area contributed by atoms with Crippen LogP contribution < -0.4 is 5.32 Å². The summed E-state index contributed by atoms with van der Waals surface area (Å²) in [5, 5.41) is 27.1. The van der Waals surface area contributed by atoms with Crippen molar-refractivity contribution in [2.24, 2.45) is 0 Å². The number of carbonyl (C=O) groups excluding carboxylic acids is 1. The molecular formula is C10H7BrN6O5. The molecule has 0 saturated carbocycles. The first-order valence-electron chi connectivity index (χ1n) is 5.66. The van der Waals surface area contributed by atoms with E-state index < -0.39 is 21.7 Å². The zero-order valence-electron chi connectivity index (χ0n) is 10.7. The van der Waals surface area contributed by atoms with E-state index in [1.54, 1.807) is 0 Å². The van der Waals surface area contributed by atoms with Gasteiger partial charge in [0.05, 0.1) is 4.92 Å². The van der Waals surface area contributed by atoms with E-state index in [0.29, 0.717) is 0 Å². The van der Waals surface area contributed by atoms with Crippen molar-refractivity contribution in [3.05, 3.63) is 49.2 Å². The molecule has 1 aromatic carbocycles. The minimum Gasteiger partial charge on any atom is -0.390 e. The third-order valence-electron chi connectivity index (χ3n) is 2.41. The molecule has 0 saturated heterocycles. The first-order chi connectivity index (χ1) is 10.4. The molecule has 12 heteroatoms.